The van der Waals surface area contributed by atoms with Gasteiger partial charge in [-0.15, -0.1) is 0 Å². The molecular weight excluding hydrogens is 188 g/mol. The Kier molecular flexibility index (Phi) is 3.17. The quantitative estimate of drug-likeness (QED) is 0.771. The van der Waals surface area contributed by atoms with Crippen LogP contribution in [0.3, 0.4) is 0 Å². The lowest BCUT2D eigenvalue weighted by atomic mass is 10.0. The fourth-order valence-electron chi connectivity index (χ4n) is 1.20. The highest BCUT2D eigenvalue weighted by molar-refractivity contribution is 6.32. The molecule has 0 heterocycles. The smallest absolute Gasteiger partial charge is 0.139 e. The minimum absolute atomic E-state index is 0.0196. The Morgan fingerprint density at radius 1 is 1.46 bits per heavy atom. The minimum atomic E-state index is -0.691. The van der Waals surface area contributed by atoms with E-state index in [0.29, 0.717) is 10.6 Å². The molecule has 0 bridgehead atoms. The van der Waals surface area contributed by atoms with Gasteiger partial charge in [0.05, 0.1) is 11.1 Å². The maximum absolute atomic E-state index is 9.50. The van der Waals surface area contributed by atoms with Crippen molar-refractivity contribution in [1.29, 1.82) is 0 Å². The second kappa shape index (κ2) is 3.99. The molecule has 1 aromatic carbocycles. The van der Waals surface area contributed by atoms with Crippen LogP contribution < -0.4 is 0 Å². The number of phenols is 1. The fourth-order valence-corrected chi connectivity index (χ4v) is 1.45. The first-order chi connectivity index (χ1) is 6.06. The fraction of sp³-hybridized carbons (Fsp3) is 0.400. The molecule has 0 fully saturated rings. The Morgan fingerprint density at radius 2 is 2.08 bits per heavy atom. The molecule has 0 saturated carbocycles. The highest BCUT2D eigenvalue weighted by Gasteiger charge is 2.11. The third-order valence-electron chi connectivity index (χ3n) is 2.01. The number of rotatable bonds is 2. The molecule has 1 atom stereocenters. The van der Waals surface area contributed by atoms with Crippen LogP contribution in [0.2, 0.25) is 5.02 Å². The van der Waals surface area contributed by atoms with E-state index in [1.54, 1.807) is 19.1 Å². The van der Waals surface area contributed by atoms with Crippen LogP contribution in [0, 0.1) is 0 Å². The average Bonchev–Trinajstić information content (AvgIpc) is 2.09. The monoisotopic (exact) mass is 200 g/mol. The van der Waals surface area contributed by atoms with Gasteiger partial charge >= 0.3 is 0 Å². The van der Waals surface area contributed by atoms with Gasteiger partial charge in [0.15, 0.2) is 0 Å². The van der Waals surface area contributed by atoms with Crippen molar-refractivity contribution < 1.29 is 10.2 Å². The van der Waals surface area contributed by atoms with E-state index >= 15 is 0 Å². The Balaban J connectivity index is 3.25. The zero-order valence-electron chi connectivity index (χ0n) is 7.71. The summed E-state index contributed by atoms with van der Waals surface area (Å²) in [5.41, 5.74) is 1.50. The molecule has 2 nitrogen and oxygen atoms in total. The standard InChI is InChI=1S/C10H13ClO2/c1-3-7-4-8(6(2)12)10(13)9(11)5-7/h4-6,12-13H,3H2,1-2H3. The Hall–Kier alpha value is -0.730. The van der Waals surface area contributed by atoms with Crippen LogP contribution in [0.5, 0.6) is 5.75 Å². The minimum Gasteiger partial charge on any atom is -0.506 e. The molecule has 2 N–H and O–H groups in total. The van der Waals surface area contributed by atoms with Crippen molar-refractivity contribution in [2.75, 3.05) is 0 Å². The molecule has 1 unspecified atom stereocenters. The van der Waals surface area contributed by atoms with Crippen LogP contribution in [0.1, 0.15) is 31.1 Å². The van der Waals surface area contributed by atoms with Crippen molar-refractivity contribution in [3.8, 4) is 5.75 Å². The highest BCUT2D eigenvalue weighted by atomic mass is 35.5. The number of aryl methyl sites for hydroxylation is 1. The second-order valence-corrected chi connectivity index (χ2v) is 3.45. The Bertz CT molecular complexity index is 308. The van der Waals surface area contributed by atoms with E-state index in [0.717, 1.165) is 12.0 Å². The van der Waals surface area contributed by atoms with Gasteiger partial charge in [-0.25, -0.2) is 0 Å². The summed E-state index contributed by atoms with van der Waals surface area (Å²) in [6.45, 7) is 3.60. The summed E-state index contributed by atoms with van der Waals surface area (Å²) in [5.74, 6) is -0.0196. The van der Waals surface area contributed by atoms with Crippen LogP contribution in [0.4, 0.5) is 0 Å². The lowest BCUT2D eigenvalue weighted by Gasteiger charge is -2.10. The first kappa shape index (κ1) is 10.4. The third-order valence-corrected chi connectivity index (χ3v) is 2.30. The molecule has 1 rings (SSSR count). The van der Waals surface area contributed by atoms with Gasteiger partial charge in [0.25, 0.3) is 0 Å². The number of aliphatic hydroxyl groups is 1. The van der Waals surface area contributed by atoms with Crippen molar-refractivity contribution in [3.63, 3.8) is 0 Å². The van der Waals surface area contributed by atoms with Gasteiger partial charge in [0, 0.05) is 5.56 Å². The predicted molar refractivity (Wildman–Crippen MR) is 53.1 cm³/mol. The zero-order chi connectivity index (χ0) is 10.0. The summed E-state index contributed by atoms with van der Waals surface area (Å²) in [6.07, 6.45) is 0.142. The summed E-state index contributed by atoms with van der Waals surface area (Å²) < 4.78 is 0. The van der Waals surface area contributed by atoms with Crippen LogP contribution in [-0.4, -0.2) is 10.2 Å². The van der Waals surface area contributed by atoms with E-state index in [1.165, 1.54) is 0 Å². The van der Waals surface area contributed by atoms with E-state index in [4.69, 9.17) is 11.6 Å². The van der Waals surface area contributed by atoms with Gasteiger partial charge in [-0.05, 0) is 31.0 Å². The van der Waals surface area contributed by atoms with Gasteiger partial charge < -0.3 is 10.2 Å². The molecule has 0 aliphatic carbocycles. The second-order valence-electron chi connectivity index (χ2n) is 3.05. The molecule has 0 aromatic heterocycles. The van der Waals surface area contributed by atoms with E-state index in [9.17, 15) is 10.2 Å². The third kappa shape index (κ3) is 2.14. The van der Waals surface area contributed by atoms with Crippen molar-refractivity contribution in [1.82, 2.24) is 0 Å². The molecule has 1 aromatic rings. The maximum atomic E-state index is 9.50. The molecule has 0 aliphatic rings. The number of hydrogen-bond acceptors (Lipinski definition) is 2. The molecule has 72 valence electrons. The van der Waals surface area contributed by atoms with Gasteiger partial charge in [-0.3, -0.25) is 0 Å². The highest BCUT2D eigenvalue weighted by Crippen LogP contribution is 2.32. The van der Waals surface area contributed by atoms with Gasteiger partial charge in [-0.1, -0.05) is 18.5 Å². The molecule has 0 aliphatic heterocycles. The molecular formula is C10H13ClO2. The van der Waals surface area contributed by atoms with E-state index < -0.39 is 6.10 Å². The first-order valence-corrected chi connectivity index (χ1v) is 4.63. The van der Waals surface area contributed by atoms with Crippen LogP contribution in [0.25, 0.3) is 0 Å². The number of phenolic OH excluding ortho intramolecular Hbond substituents is 1. The van der Waals surface area contributed by atoms with Crippen LogP contribution in [0.15, 0.2) is 12.1 Å². The molecule has 0 amide bonds. The number of hydrogen-bond donors (Lipinski definition) is 2. The summed E-state index contributed by atoms with van der Waals surface area (Å²) in [4.78, 5) is 0. The average molecular weight is 201 g/mol. The summed E-state index contributed by atoms with van der Waals surface area (Å²) >= 11 is 5.78. The van der Waals surface area contributed by atoms with Crippen molar-refractivity contribution in [2.45, 2.75) is 26.4 Å². The molecule has 0 saturated heterocycles. The molecule has 0 spiro atoms. The van der Waals surface area contributed by atoms with Gasteiger partial charge in [0.1, 0.15) is 5.75 Å². The van der Waals surface area contributed by atoms with Crippen LogP contribution in [-0.2, 0) is 6.42 Å². The number of halogens is 1. The number of aliphatic hydroxyl groups excluding tert-OH is 1. The number of aromatic hydroxyl groups is 1. The topological polar surface area (TPSA) is 40.5 Å². The first-order valence-electron chi connectivity index (χ1n) is 4.25. The lowest BCUT2D eigenvalue weighted by molar-refractivity contribution is 0.195. The normalized spacial score (nSPS) is 12.9. The molecule has 0 radical (unpaired) electrons. The largest absolute Gasteiger partial charge is 0.506 e. The predicted octanol–water partition coefficient (Wildman–Crippen LogP) is 2.66. The Morgan fingerprint density at radius 3 is 2.54 bits per heavy atom. The lowest BCUT2D eigenvalue weighted by Crippen LogP contribution is -1.94. The van der Waals surface area contributed by atoms with Crippen LogP contribution >= 0.6 is 11.6 Å². The van der Waals surface area contributed by atoms with Crippen molar-refractivity contribution in [2.24, 2.45) is 0 Å². The summed E-state index contributed by atoms with van der Waals surface area (Å²) in [7, 11) is 0. The van der Waals surface area contributed by atoms with Crippen molar-refractivity contribution in [3.05, 3.63) is 28.3 Å². The van der Waals surface area contributed by atoms with Gasteiger partial charge in [-0.2, -0.15) is 0 Å². The van der Waals surface area contributed by atoms with Gasteiger partial charge in [0.2, 0.25) is 0 Å². The SMILES string of the molecule is CCc1cc(Cl)c(O)c(C(C)O)c1. The molecule has 13 heavy (non-hydrogen) atoms. The number of benzene rings is 1. The van der Waals surface area contributed by atoms with E-state index in [1.807, 2.05) is 6.92 Å². The summed E-state index contributed by atoms with van der Waals surface area (Å²) in [5, 5.41) is 19.1. The maximum Gasteiger partial charge on any atom is 0.139 e. The molecule has 3 heteroatoms. The summed E-state index contributed by atoms with van der Waals surface area (Å²) in [6, 6.07) is 3.48. The van der Waals surface area contributed by atoms with E-state index in [-0.39, 0.29) is 5.75 Å². The van der Waals surface area contributed by atoms with Crippen molar-refractivity contribution >= 4 is 11.6 Å². The van der Waals surface area contributed by atoms with E-state index in [2.05, 4.69) is 0 Å². The Labute approximate surface area is 82.8 Å². The zero-order valence-corrected chi connectivity index (χ0v) is 8.47.